The molecular weight excluding hydrogens is 410 g/mol. The minimum Gasteiger partial charge on any atom is -0.453 e. The molecule has 2 aromatic heterocycles. The van der Waals surface area contributed by atoms with Gasteiger partial charge in [-0.05, 0) is 12.8 Å². The van der Waals surface area contributed by atoms with Gasteiger partial charge in [-0.15, -0.1) is 0 Å². The number of nitrogen functional groups attached to an aromatic ring is 1. The molecule has 0 aromatic carbocycles. The first-order valence-corrected chi connectivity index (χ1v) is 9.35. The summed E-state index contributed by atoms with van der Waals surface area (Å²) in [6.45, 7) is 2.14. The van der Waals surface area contributed by atoms with Crippen molar-refractivity contribution in [3.8, 4) is 11.8 Å². The lowest BCUT2D eigenvalue weighted by Crippen LogP contribution is -2.42. The molecule has 3 heterocycles. The summed E-state index contributed by atoms with van der Waals surface area (Å²) in [5.41, 5.74) is 6.39. The number of amides is 2. The van der Waals surface area contributed by atoms with Crippen LogP contribution in [0.15, 0.2) is 6.33 Å². The maximum atomic E-state index is 12.1. The van der Waals surface area contributed by atoms with Gasteiger partial charge < -0.3 is 35.6 Å². The zero-order chi connectivity index (χ0) is 22.7. The molecule has 0 bridgehead atoms. The van der Waals surface area contributed by atoms with Gasteiger partial charge in [-0.2, -0.15) is 0 Å². The van der Waals surface area contributed by atoms with E-state index in [0.29, 0.717) is 6.54 Å². The SMILES string of the molecule is CCNC(=O)C1OC(n2cnc3c(N)nc(C#CCN(C)C(=O)OC)nc32)C(O)C1O. The van der Waals surface area contributed by atoms with E-state index in [1.807, 2.05) is 0 Å². The number of nitrogens with one attached hydrogen (secondary N) is 1. The van der Waals surface area contributed by atoms with E-state index in [1.54, 1.807) is 6.92 Å². The predicted octanol–water partition coefficient (Wildman–Crippen LogP) is -1.79. The van der Waals surface area contributed by atoms with Crippen molar-refractivity contribution >= 4 is 29.0 Å². The van der Waals surface area contributed by atoms with Crippen molar-refractivity contribution in [2.24, 2.45) is 0 Å². The van der Waals surface area contributed by atoms with Gasteiger partial charge in [0.2, 0.25) is 5.82 Å². The Morgan fingerprint density at radius 2 is 2.13 bits per heavy atom. The molecule has 3 rings (SSSR count). The molecule has 2 amide bonds. The van der Waals surface area contributed by atoms with Crippen LogP contribution in [0.4, 0.5) is 10.6 Å². The van der Waals surface area contributed by atoms with E-state index in [0.717, 1.165) is 0 Å². The van der Waals surface area contributed by atoms with Crippen molar-refractivity contribution in [3.63, 3.8) is 0 Å². The second kappa shape index (κ2) is 9.13. The molecule has 1 aliphatic rings. The number of hydrogen-bond acceptors (Lipinski definition) is 10. The lowest BCUT2D eigenvalue weighted by molar-refractivity contribution is -0.137. The number of aliphatic hydroxyl groups excluding tert-OH is 2. The zero-order valence-electron chi connectivity index (χ0n) is 17.1. The molecule has 0 aliphatic carbocycles. The van der Waals surface area contributed by atoms with Gasteiger partial charge in [-0.25, -0.2) is 19.7 Å². The van der Waals surface area contributed by atoms with Gasteiger partial charge in [0, 0.05) is 13.6 Å². The minimum atomic E-state index is -1.44. The Morgan fingerprint density at radius 3 is 2.81 bits per heavy atom. The maximum absolute atomic E-state index is 12.1. The number of aliphatic hydroxyl groups is 2. The first kappa shape index (κ1) is 22.2. The normalized spacial score (nSPS) is 22.6. The molecule has 1 aliphatic heterocycles. The smallest absolute Gasteiger partial charge is 0.410 e. The molecule has 4 atom stereocenters. The van der Waals surface area contributed by atoms with Gasteiger partial charge in [0.05, 0.1) is 20.0 Å². The number of carbonyl (C=O) groups excluding carboxylic acids is 2. The van der Waals surface area contributed by atoms with Crippen LogP contribution in [0.1, 0.15) is 19.0 Å². The number of aromatic nitrogens is 4. The summed E-state index contributed by atoms with van der Waals surface area (Å²) in [4.78, 5) is 37.3. The summed E-state index contributed by atoms with van der Waals surface area (Å²) in [5, 5.41) is 23.2. The number of ether oxygens (including phenoxy) is 2. The number of rotatable bonds is 4. The van der Waals surface area contributed by atoms with Crippen molar-refractivity contribution in [2.45, 2.75) is 31.5 Å². The molecule has 1 saturated heterocycles. The Labute approximate surface area is 177 Å². The fourth-order valence-electron chi connectivity index (χ4n) is 3.02. The van der Waals surface area contributed by atoms with E-state index in [2.05, 4.69) is 36.8 Å². The van der Waals surface area contributed by atoms with Gasteiger partial charge in [0.1, 0.15) is 17.7 Å². The van der Waals surface area contributed by atoms with Gasteiger partial charge >= 0.3 is 6.09 Å². The molecule has 0 spiro atoms. The van der Waals surface area contributed by atoms with Gasteiger partial charge in [-0.3, -0.25) is 9.36 Å². The molecule has 166 valence electrons. The van der Waals surface area contributed by atoms with Crippen LogP contribution in [0.2, 0.25) is 0 Å². The number of carbonyl (C=O) groups is 2. The number of fused-ring (bicyclic) bond motifs is 1. The first-order chi connectivity index (χ1) is 14.8. The van der Waals surface area contributed by atoms with Crippen molar-refractivity contribution < 1.29 is 29.3 Å². The van der Waals surface area contributed by atoms with Crippen LogP contribution in [0.3, 0.4) is 0 Å². The summed E-state index contributed by atoms with van der Waals surface area (Å²) in [7, 11) is 2.78. The summed E-state index contributed by atoms with van der Waals surface area (Å²) in [6, 6.07) is 0. The number of methoxy groups -OCH3 is 1. The third-order valence-corrected chi connectivity index (χ3v) is 4.57. The highest BCUT2D eigenvalue weighted by molar-refractivity contribution is 5.83. The number of hydrogen-bond donors (Lipinski definition) is 4. The van der Waals surface area contributed by atoms with Crippen molar-refractivity contribution in [1.82, 2.24) is 29.7 Å². The summed E-state index contributed by atoms with van der Waals surface area (Å²) in [5.74, 6) is 4.99. The fraction of sp³-hybridized carbons (Fsp3) is 0.500. The highest BCUT2D eigenvalue weighted by atomic mass is 16.6. The van der Waals surface area contributed by atoms with E-state index in [4.69, 9.17) is 10.5 Å². The number of likely N-dealkylation sites (N-methyl/N-ethyl adjacent to an activating group) is 1. The van der Waals surface area contributed by atoms with E-state index in [1.165, 1.54) is 30.0 Å². The van der Waals surface area contributed by atoms with Gasteiger partial charge in [-0.1, -0.05) is 5.92 Å². The first-order valence-electron chi connectivity index (χ1n) is 9.35. The number of imidazole rings is 1. The lowest BCUT2D eigenvalue weighted by atomic mass is 10.1. The predicted molar refractivity (Wildman–Crippen MR) is 106 cm³/mol. The number of nitrogens with zero attached hydrogens (tertiary/aromatic N) is 5. The summed E-state index contributed by atoms with van der Waals surface area (Å²) >= 11 is 0. The second-order valence-corrected chi connectivity index (χ2v) is 6.71. The van der Waals surface area contributed by atoms with Crippen LogP contribution >= 0.6 is 0 Å². The Bertz CT molecular complexity index is 1050. The average molecular weight is 433 g/mol. The number of anilines is 1. The van der Waals surface area contributed by atoms with Crippen LogP contribution < -0.4 is 11.1 Å². The van der Waals surface area contributed by atoms with Crippen LogP contribution in [0.25, 0.3) is 11.2 Å². The molecule has 13 heteroatoms. The molecule has 0 radical (unpaired) electrons. The number of nitrogens with two attached hydrogens (primary N) is 1. The fourth-order valence-corrected chi connectivity index (χ4v) is 3.02. The third kappa shape index (κ3) is 4.36. The Hall–Kier alpha value is -3.47. The van der Waals surface area contributed by atoms with Crippen LogP contribution in [-0.2, 0) is 14.3 Å². The highest BCUT2D eigenvalue weighted by Crippen LogP contribution is 2.32. The van der Waals surface area contributed by atoms with Crippen LogP contribution in [0.5, 0.6) is 0 Å². The Kier molecular flexibility index (Phi) is 6.54. The lowest BCUT2D eigenvalue weighted by Gasteiger charge is -2.16. The monoisotopic (exact) mass is 433 g/mol. The Morgan fingerprint density at radius 1 is 1.39 bits per heavy atom. The van der Waals surface area contributed by atoms with Crippen molar-refractivity contribution in [1.29, 1.82) is 0 Å². The third-order valence-electron chi connectivity index (χ3n) is 4.57. The average Bonchev–Trinajstić information content (AvgIpc) is 3.29. The molecule has 1 fully saturated rings. The highest BCUT2D eigenvalue weighted by Gasteiger charge is 2.47. The van der Waals surface area contributed by atoms with Crippen LogP contribution in [0, 0.1) is 11.8 Å². The van der Waals surface area contributed by atoms with E-state index in [9.17, 15) is 19.8 Å². The molecule has 2 aromatic rings. The largest absolute Gasteiger partial charge is 0.453 e. The molecule has 31 heavy (non-hydrogen) atoms. The van der Waals surface area contributed by atoms with E-state index in [-0.39, 0.29) is 29.4 Å². The molecular formula is C18H23N7O6. The van der Waals surface area contributed by atoms with Gasteiger partial charge in [0.25, 0.3) is 5.91 Å². The molecule has 4 unspecified atom stereocenters. The molecule has 13 nitrogen and oxygen atoms in total. The second-order valence-electron chi connectivity index (χ2n) is 6.71. The van der Waals surface area contributed by atoms with E-state index < -0.39 is 36.5 Å². The quantitative estimate of drug-likeness (QED) is 0.403. The van der Waals surface area contributed by atoms with Crippen LogP contribution in [-0.4, -0.2) is 92.2 Å². The summed E-state index contributed by atoms with van der Waals surface area (Å²) < 4.78 is 11.5. The van der Waals surface area contributed by atoms with E-state index >= 15 is 0 Å². The maximum Gasteiger partial charge on any atom is 0.410 e. The van der Waals surface area contributed by atoms with Crippen molar-refractivity contribution in [2.75, 3.05) is 33.0 Å². The topological polar surface area (TPSA) is 178 Å². The minimum absolute atomic E-state index is 0.0442. The summed E-state index contributed by atoms with van der Waals surface area (Å²) in [6.07, 6.45) is -4.47. The van der Waals surface area contributed by atoms with Crippen molar-refractivity contribution in [3.05, 3.63) is 12.2 Å². The standard InChI is InChI=1S/C18H23N7O6/c1-4-20-16(28)13-11(26)12(27)17(31-13)25-8-21-10-14(19)22-9(23-15(10)25)6-5-7-24(2)18(29)30-3/h8,11-13,17,26-27H,4,7H2,1-3H3,(H,20,28)(H2,19,22,23). The zero-order valence-corrected chi connectivity index (χ0v) is 17.1. The van der Waals surface area contributed by atoms with Gasteiger partial charge in [0.15, 0.2) is 23.8 Å². The molecule has 5 N–H and O–H groups in total. The Balaban J connectivity index is 1.90. The molecule has 0 saturated carbocycles.